The van der Waals surface area contributed by atoms with Crippen LogP contribution in [0, 0.1) is 0 Å². The van der Waals surface area contributed by atoms with E-state index in [1.807, 2.05) is 13.8 Å². The van der Waals surface area contributed by atoms with Crippen LogP contribution >= 0.6 is 0 Å². The molecule has 0 radical (unpaired) electrons. The number of hydrogen-bond donors (Lipinski definition) is 0. The molecule has 1 unspecified atom stereocenters. The molecule has 1 amide bonds. The lowest BCUT2D eigenvalue weighted by atomic mass is 10.2. The van der Waals surface area contributed by atoms with Crippen LogP contribution in [0.4, 0.5) is 0 Å². The summed E-state index contributed by atoms with van der Waals surface area (Å²) in [5.41, 5.74) is 1.11. The number of amides is 1. The van der Waals surface area contributed by atoms with E-state index in [1.165, 1.54) is 0 Å². The lowest BCUT2D eigenvalue weighted by Crippen LogP contribution is -2.02. The van der Waals surface area contributed by atoms with E-state index in [4.69, 9.17) is 0 Å². The van der Waals surface area contributed by atoms with E-state index >= 15 is 0 Å². The van der Waals surface area contributed by atoms with E-state index in [0.29, 0.717) is 0 Å². The maximum atomic E-state index is 11.4. The molecule has 0 aromatic carbocycles. The fraction of sp³-hybridized carbons (Fsp3) is 0.727. The summed E-state index contributed by atoms with van der Waals surface area (Å²) in [5.74, 6) is 1.97. The maximum Gasteiger partial charge on any atom is 0.275 e. The van der Waals surface area contributed by atoms with Crippen molar-refractivity contribution < 1.29 is 4.79 Å². The van der Waals surface area contributed by atoms with Crippen molar-refractivity contribution in [3.05, 3.63) is 11.6 Å². The Morgan fingerprint density at radius 3 is 2.43 bits per heavy atom. The van der Waals surface area contributed by atoms with Gasteiger partial charge in [-0.05, 0) is 19.8 Å². The first kappa shape index (κ1) is 13.6. The van der Waals surface area contributed by atoms with Gasteiger partial charge in [-0.3, -0.25) is 4.79 Å². The highest BCUT2D eigenvalue weighted by atomic mass is 32.2. The molecule has 0 aromatic rings. The van der Waals surface area contributed by atoms with Crippen LogP contribution in [0.5, 0.6) is 0 Å². The molecule has 82 valence electrons. The van der Waals surface area contributed by atoms with E-state index in [-0.39, 0.29) is 16.6 Å². The zero-order valence-electron chi connectivity index (χ0n) is 9.67. The Morgan fingerprint density at radius 1 is 1.36 bits per heavy atom. The molecule has 0 aliphatic heterocycles. The first-order valence-electron chi connectivity index (χ1n) is 5.24. The van der Waals surface area contributed by atoms with Crippen LogP contribution in [-0.4, -0.2) is 17.4 Å². The summed E-state index contributed by atoms with van der Waals surface area (Å²) in [4.78, 5) is 11.4. The van der Waals surface area contributed by atoms with Gasteiger partial charge < -0.3 is 0 Å². The maximum absolute atomic E-state index is 11.4. The Balaban J connectivity index is 4.39. The number of allylic oxidation sites excluding steroid dienone is 1. The summed E-state index contributed by atoms with van der Waals surface area (Å²) in [6, 6.07) is 0. The Bertz CT molecular complexity index is 244. The average Bonchev–Trinajstić information content (AvgIpc) is 2.16. The van der Waals surface area contributed by atoms with Crippen molar-refractivity contribution in [1.29, 1.82) is 0 Å². The average molecular weight is 215 g/mol. The van der Waals surface area contributed by atoms with Crippen molar-refractivity contribution in [2.45, 2.75) is 40.5 Å². The molecule has 0 aromatic heterocycles. The zero-order chi connectivity index (χ0) is 11.0. The Hall–Kier alpha value is -0.440. The third-order valence-corrected chi connectivity index (χ3v) is 3.90. The molecule has 0 fully saturated rings. The number of carbonyl (C=O) groups is 1. The molecular weight excluding hydrogens is 194 g/mol. The third kappa shape index (κ3) is 6.08. The fourth-order valence-corrected chi connectivity index (χ4v) is 2.24. The van der Waals surface area contributed by atoms with Crippen LogP contribution in [0.3, 0.4) is 0 Å². The van der Waals surface area contributed by atoms with Gasteiger partial charge in [0.15, 0.2) is 0 Å². The molecule has 14 heavy (non-hydrogen) atoms. The number of hydrogen-bond acceptors (Lipinski definition) is 1. The molecule has 0 rings (SSSR count). The zero-order valence-corrected chi connectivity index (χ0v) is 10.5. The van der Waals surface area contributed by atoms with Crippen molar-refractivity contribution in [2.24, 2.45) is 4.36 Å². The summed E-state index contributed by atoms with van der Waals surface area (Å²) < 4.78 is 4.19. The first-order chi connectivity index (χ1) is 6.63. The van der Waals surface area contributed by atoms with Crippen LogP contribution in [-0.2, 0) is 15.5 Å². The Kier molecular flexibility index (Phi) is 7.67. The summed E-state index contributed by atoms with van der Waals surface area (Å²) in [6.45, 7) is 8.23. The van der Waals surface area contributed by atoms with Gasteiger partial charge >= 0.3 is 0 Å². The summed E-state index contributed by atoms with van der Waals surface area (Å²) in [7, 11) is -0.0491. The number of carbonyl (C=O) groups excluding carboxylic acids is 1. The van der Waals surface area contributed by atoms with Gasteiger partial charge in [-0.25, -0.2) is 0 Å². The lowest BCUT2D eigenvalue weighted by molar-refractivity contribution is -0.113. The quantitative estimate of drug-likeness (QED) is 0.648. The first-order valence-corrected chi connectivity index (χ1v) is 6.76. The van der Waals surface area contributed by atoms with Crippen LogP contribution in [0.1, 0.15) is 40.5 Å². The van der Waals surface area contributed by atoms with Gasteiger partial charge in [-0.1, -0.05) is 37.0 Å². The fourth-order valence-electron chi connectivity index (χ4n) is 0.957. The van der Waals surface area contributed by atoms with E-state index in [2.05, 4.69) is 18.2 Å². The van der Waals surface area contributed by atoms with Crippen LogP contribution in [0.15, 0.2) is 16.0 Å². The molecule has 0 heterocycles. The standard InChI is InChI=1S/C11H21NOS/c1-5-8-14(7-3)12-11(13)9-10(4)6-2/h9H,5-8H2,1-4H3/b10-9+. The van der Waals surface area contributed by atoms with E-state index in [1.54, 1.807) is 6.08 Å². The molecule has 2 nitrogen and oxygen atoms in total. The molecule has 0 aliphatic rings. The summed E-state index contributed by atoms with van der Waals surface area (Å²) in [5, 5.41) is 0. The largest absolute Gasteiger partial charge is 0.275 e. The Labute approximate surface area is 89.9 Å². The van der Waals surface area contributed by atoms with Gasteiger partial charge in [0.05, 0.1) is 0 Å². The van der Waals surface area contributed by atoms with Gasteiger partial charge in [0.2, 0.25) is 0 Å². The minimum Gasteiger partial charge on any atom is -0.267 e. The molecular formula is C11H21NOS. The Morgan fingerprint density at radius 2 is 2.00 bits per heavy atom. The highest BCUT2D eigenvalue weighted by Crippen LogP contribution is 2.00. The van der Waals surface area contributed by atoms with Crippen LogP contribution < -0.4 is 0 Å². The van der Waals surface area contributed by atoms with E-state index < -0.39 is 0 Å². The topological polar surface area (TPSA) is 29.4 Å². The second kappa shape index (κ2) is 7.92. The van der Waals surface area contributed by atoms with Crippen molar-refractivity contribution >= 4 is 16.6 Å². The molecule has 0 saturated heterocycles. The lowest BCUT2D eigenvalue weighted by Gasteiger charge is -2.01. The third-order valence-electron chi connectivity index (χ3n) is 1.92. The molecule has 0 bridgehead atoms. The summed E-state index contributed by atoms with van der Waals surface area (Å²) >= 11 is 0. The number of rotatable bonds is 5. The van der Waals surface area contributed by atoms with Crippen LogP contribution in [0.25, 0.3) is 0 Å². The minimum atomic E-state index is -0.0528. The smallest absolute Gasteiger partial charge is 0.267 e. The molecule has 1 atom stereocenters. The number of nitrogens with zero attached hydrogens (tertiary/aromatic N) is 1. The summed E-state index contributed by atoms with van der Waals surface area (Å²) in [6.07, 6.45) is 3.68. The monoisotopic (exact) mass is 215 g/mol. The molecule has 3 heteroatoms. The van der Waals surface area contributed by atoms with Gasteiger partial charge in [-0.2, -0.15) is 4.36 Å². The van der Waals surface area contributed by atoms with Gasteiger partial charge in [0.25, 0.3) is 5.91 Å². The second-order valence-corrected chi connectivity index (χ2v) is 5.32. The normalized spacial score (nSPS) is 14.4. The van der Waals surface area contributed by atoms with Crippen molar-refractivity contribution in [2.75, 3.05) is 11.5 Å². The predicted octanol–water partition coefficient (Wildman–Crippen LogP) is 3.10. The molecule has 0 N–H and O–H groups in total. The van der Waals surface area contributed by atoms with Crippen molar-refractivity contribution in [3.63, 3.8) is 0 Å². The van der Waals surface area contributed by atoms with Gasteiger partial charge in [-0.15, -0.1) is 0 Å². The van der Waals surface area contributed by atoms with Crippen LogP contribution in [0.2, 0.25) is 0 Å². The van der Waals surface area contributed by atoms with E-state index in [9.17, 15) is 4.79 Å². The highest BCUT2D eigenvalue weighted by Gasteiger charge is 1.97. The van der Waals surface area contributed by atoms with Crippen molar-refractivity contribution in [3.8, 4) is 0 Å². The molecule has 0 saturated carbocycles. The molecule has 0 aliphatic carbocycles. The molecule has 0 spiro atoms. The SMILES string of the molecule is CCCS(CC)=NC(=O)/C=C(\C)CC. The van der Waals surface area contributed by atoms with Gasteiger partial charge in [0.1, 0.15) is 0 Å². The van der Waals surface area contributed by atoms with E-state index in [0.717, 1.165) is 29.9 Å². The van der Waals surface area contributed by atoms with Gasteiger partial charge in [0, 0.05) is 17.6 Å². The van der Waals surface area contributed by atoms with Crippen molar-refractivity contribution in [1.82, 2.24) is 0 Å². The second-order valence-electron chi connectivity index (χ2n) is 3.23. The minimum absolute atomic E-state index is 0.0491. The highest BCUT2D eigenvalue weighted by molar-refractivity contribution is 7.87. The predicted molar refractivity (Wildman–Crippen MR) is 64.5 cm³/mol.